The van der Waals surface area contributed by atoms with Crippen molar-refractivity contribution in [1.29, 1.82) is 0 Å². The molecule has 6 saturated heterocycles. The van der Waals surface area contributed by atoms with E-state index in [4.69, 9.17) is 82.3 Å². The average Bonchev–Trinajstić information content (AvgIpc) is 2.92. The van der Waals surface area contributed by atoms with Crippen LogP contribution in [-0.4, -0.2) is 151 Å². The smallest absolute Gasteiger partial charge is 0.396 e. The molecule has 6 heterocycles. The molecule has 0 aliphatic carbocycles. The van der Waals surface area contributed by atoms with Gasteiger partial charge in [-0.2, -0.15) is 0 Å². The summed E-state index contributed by atoms with van der Waals surface area (Å²) in [5.74, 6) is -0.252. The topological polar surface area (TPSA) is 214 Å². The van der Waals surface area contributed by atoms with Crippen molar-refractivity contribution in [3.8, 4) is 0 Å². The third-order valence-electron chi connectivity index (χ3n) is 8.05. The molecule has 22 nitrogen and oxygen atoms in total. The first-order chi connectivity index (χ1) is 30.0. The lowest BCUT2D eigenvalue weighted by atomic mass is 10.3. The zero-order valence-electron chi connectivity index (χ0n) is 44.9. The molecule has 0 aromatic rings. The molecular formula is C30H81NO21Si16. The van der Waals surface area contributed by atoms with E-state index < -0.39 is 139 Å². The Kier molecular flexibility index (Phi) is 17.3. The molecule has 1 amide bonds. The standard InChI is InChI=1S/C30H81NO21Si16/c1-29(2)30(32)31-27-26-28-60(24,25)40-68-50-65(37-57(15,16)17)44-62(34-54(6,7)8)41-61(33-53(3,4)5)42-63(46-65,35-55(9,10)11)48-67(52-68,39-59(21,22)23)49-64(43-61,36-56(12,13)14)47-66(45-62,51-68)38-58(18,19)20/h1,26-28H2,2-25H3,(H,31,32). The van der Waals surface area contributed by atoms with Crippen molar-refractivity contribution in [2.75, 3.05) is 6.54 Å². The molecular weight excluding hydrogens is 1160 g/mol. The molecule has 6 aliphatic heterocycles. The Morgan fingerprint density at radius 1 is 0.368 bits per heavy atom. The molecule has 6 rings (SSSR count). The molecule has 6 fully saturated rings. The maximum atomic E-state index is 12.5. The van der Waals surface area contributed by atoms with E-state index in [1.165, 1.54) is 0 Å². The van der Waals surface area contributed by atoms with E-state index in [1.807, 2.05) is 151 Å². The molecule has 0 atom stereocenters. The zero-order valence-corrected chi connectivity index (χ0v) is 60.9. The molecule has 0 aromatic heterocycles. The van der Waals surface area contributed by atoms with Crippen LogP contribution in [0, 0.1) is 0 Å². The summed E-state index contributed by atoms with van der Waals surface area (Å²) in [7, 11) is -64.4. The maximum Gasteiger partial charge on any atom is 0.651 e. The quantitative estimate of drug-likeness (QED) is 0.0696. The van der Waals surface area contributed by atoms with Crippen LogP contribution < -0.4 is 5.32 Å². The van der Waals surface area contributed by atoms with Gasteiger partial charge in [0.2, 0.25) is 5.91 Å². The summed E-state index contributed by atoms with van der Waals surface area (Å²) >= 11 is 0. The highest BCUT2D eigenvalue weighted by Gasteiger charge is 2.92. The molecule has 38 heteroatoms. The lowest BCUT2D eigenvalue weighted by Crippen LogP contribution is -2.93. The monoisotopic (exact) mass is 1240 g/mol. The first-order valence-corrected chi connectivity index (χ1v) is 63.0. The Morgan fingerprint density at radius 2 is 0.544 bits per heavy atom. The molecule has 0 radical (unpaired) electrons. The van der Waals surface area contributed by atoms with Gasteiger partial charge in [-0.15, -0.1) is 0 Å². The van der Waals surface area contributed by atoms with Gasteiger partial charge in [-0.25, -0.2) is 0 Å². The fourth-order valence-corrected chi connectivity index (χ4v) is 72.6. The van der Waals surface area contributed by atoms with Gasteiger partial charge in [-0.3, -0.25) is 4.79 Å². The van der Waals surface area contributed by atoms with Crippen LogP contribution in [0.3, 0.4) is 0 Å². The molecule has 8 bridgehead atoms. The van der Waals surface area contributed by atoms with E-state index in [2.05, 4.69) is 11.9 Å². The van der Waals surface area contributed by atoms with Crippen molar-refractivity contribution in [2.45, 2.75) is 170 Å². The van der Waals surface area contributed by atoms with E-state index in [1.54, 1.807) is 6.92 Å². The average molecular weight is 1240 g/mol. The fraction of sp³-hybridized carbons (Fsp3) is 0.900. The van der Waals surface area contributed by atoms with E-state index in [9.17, 15) is 4.79 Å². The summed E-state index contributed by atoms with van der Waals surface area (Å²) < 4.78 is 147. The van der Waals surface area contributed by atoms with Crippen LogP contribution in [0.4, 0.5) is 0 Å². The minimum absolute atomic E-state index is 0.252. The maximum absolute atomic E-state index is 12.5. The Hall–Kier alpha value is 1.88. The van der Waals surface area contributed by atoms with Crippen molar-refractivity contribution in [1.82, 2.24) is 5.32 Å². The van der Waals surface area contributed by atoms with Gasteiger partial charge in [-0.05, 0) is 170 Å². The summed E-state index contributed by atoms with van der Waals surface area (Å²) in [4.78, 5) is 12.5. The molecule has 396 valence electrons. The van der Waals surface area contributed by atoms with E-state index >= 15 is 0 Å². The molecule has 1 N–H and O–H groups in total. The van der Waals surface area contributed by atoms with Crippen LogP contribution in [-0.2, 0) is 87.1 Å². The van der Waals surface area contributed by atoms with Crippen LogP contribution in [0.5, 0.6) is 0 Å². The third-order valence-corrected chi connectivity index (χ3v) is 61.0. The highest BCUT2D eigenvalue weighted by Crippen LogP contribution is 2.53. The Balaban J connectivity index is 2.01. The summed E-state index contributed by atoms with van der Waals surface area (Å²) in [5, 5.41) is 2.92. The van der Waals surface area contributed by atoms with Crippen molar-refractivity contribution in [2.24, 2.45) is 0 Å². The van der Waals surface area contributed by atoms with Gasteiger partial charge in [0.25, 0.3) is 0 Å². The molecule has 68 heavy (non-hydrogen) atoms. The van der Waals surface area contributed by atoms with Crippen LogP contribution in [0.1, 0.15) is 13.3 Å². The second-order valence-corrected chi connectivity index (χ2v) is 82.6. The van der Waals surface area contributed by atoms with Crippen LogP contribution >= 0.6 is 0 Å². The first-order valence-electron chi connectivity index (χ1n) is 22.9. The number of nitrogens with one attached hydrogen (secondary N) is 1. The fourth-order valence-electron chi connectivity index (χ4n) is 6.72. The van der Waals surface area contributed by atoms with Gasteiger partial charge in [-0.1, -0.05) is 6.58 Å². The van der Waals surface area contributed by atoms with Crippen molar-refractivity contribution < 1.29 is 87.1 Å². The number of carbonyl (C=O) groups is 1. The molecule has 0 aromatic carbocycles. The van der Waals surface area contributed by atoms with Gasteiger partial charge < -0.3 is 87.6 Å². The normalized spacial score (nSPS) is 36.2. The largest absolute Gasteiger partial charge is 0.651 e. The summed E-state index contributed by atoms with van der Waals surface area (Å²) in [5.41, 5.74) is 0.396. The molecule has 0 spiro atoms. The summed E-state index contributed by atoms with van der Waals surface area (Å²) in [6.45, 7) is 50.5. The predicted molar refractivity (Wildman–Crippen MR) is 286 cm³/mol. The van der Waals surface area contributed by atoms with Crippen molar-refractivity contribution >= 4 is 145 Å². The lowest BCUT2D eigenvalue weighted by molar-refractivity contribution is -0.129. The Morgan fingerprint density at radius 3 is 0.706 bits per heavy atom. The number of rotatable bonds is 21. The molecule has 6 aliphatic rings. The third kappa shape index (κ3) is 16.9. The zero-order chi connectivity index (χ0) is 52.1. The van der Waals surface area contributed by atoms with Gasteiger partial charge in [0.05, 0.1) is 0 Å². The lowest BCUT2D eigenvalue weighted by Gasteiger charge is -2.60. The second kappa shape index (κ2) is 19.4. The van der Waals surface area contributed by atoms with Gasteiger partial charge in [0.1, 0.15) is 0 Å². The Bertz CT molecular complexity index is 1700. The predicted octanol–water partition coefficient (Wildman–Crippen LogP) is 7.00. The molecule has 0 unspecified atom stereocenters. The van der Waals surface area contributed by atoms with Crippen molar-refractivity contribution in [3.05, 3.63) is 12.2 Å². The highest BCUT2D eigenvalue weighted by molar-refractivity contribution is 7.04. The first kappa shape index (κ1) is 60.7. The Labute approximate surface area is 423 Å². The van der Waals surface area contributed by atoms with Crippen LogP contribution in [0.2, 0.25) is 157 Å². The number of hydrogen-bond acceptors (Lipinski definition) is 21. The van der Waals surface area contributed by atoms with Gasteiger partial charge in [0.15, 0.2) is 66.5 Å². The minimum Gasteiger partial charge on any atom is -0.396 e. The summed E-state index contributed by atoms with van der Waals surface area (Å²) in [6, 6.07) is 0.458. The number of hydrogen-bond donors (Lipinski definition) is 1. The van der Waals surface area contributed by atoms with Gasteiger partial charge >= 0.3 is 72.4 Å². The van der Waals surface area contributed by atoms with E-state index in [0.29, 0.717) is 24.6 Å². The van der Waals surface area contributed by atoms with E-state index in [0.717, 1.165) is 0 Å². The number of carbonyl (C=O) groups excluding carboxylic acids is 1. The van der Waals surface area contributed by atoms with E-state index in [-0.39, 0.29) is 5.91 Å². The number of amides is 1. The SMILES string of the molecule is C=C(C)C(=O)NCCC[Si](C)(C)O[Si]12O[Si]3(O[Si](C)(C)C)O[Si]4(O[Si](C)(C)C)O[Si]5(O[Si](C)(C)C)O[Si](O[Si](C)(C)C)(O3)O[Si](O[Si](C)(C)C)(O[Si](O[Si](C)(C)C)(O5)O[Si](O[Si](C)(C)C)(O4)O1)O2. The van der Waals surface area contributed by atoms with Crippen molar-refractivity contribution in [3.63, 3.8) is 0 Å². The van der Waals surface area contributed by atoms with Gasteiger partial charge in [0, 0.05) is 12.1 Å². The van der Waals surface area contributed by atoms with Crippen LogP contribution in [0.25, 0.3) is 0 Å². The minimum atomic E-state index is -5.20. The highest BCUT2D eigenvalue weighted by atomic mass is 28.7. The summed E-state index contributed by atoms with van der Waals surface area (Å²) in [6.07, 6.45) is 0.505. The molecule has 0 saturated carbocycles. The van der Waals surface area contributed by atoms with Crippen LogP contribution in [0.15, 0.2) is 12.2 Å². The second-order valence-electron chi connectivity index (χ2n) is 24.7.